The number of hydrogen-bond donors (Lipinski definition) is 0. The van der Waals surface area contributed by atoms with Crippen LogP contribution >= 0.6 is 0 Å². The zero-order valence-corrected chi connectivity index (χ0v) is 17.1. The number of hydrogen-bond acceptors (Lipinski definition) is 2. The van der Waals surface area contributed by atoms with Crippen molar-refractivity contribution in [2.75, 3.05) is 0 Å². The first-order chi connectivity index (χ1) is 11.6. The maximum Gasteiger partial charge on any atom is 0.161 e. The molecule has 132 valence electrons. The minimum atomic E-state index is -0.288. The maximum absolute atomic E-state index is 6.29. The molecular formula is C22H28O2Si. The lowest BCUT2D eigenvalue weighted by Crippen LogP contribution is -2.34. The molecule has 2 rings (SSSR count). The predicted molar refractivity (Wildman–Crippen MR) is 109 cm³/mol. The van der Waals surface area contributed by atoms with Crippen molar-refractivity contribution in [2.45, 2.75) is 52.7 Å². The first-order valence-electron chi connectivity index (χ1n) is 8.58. The van der Waals surface area contributed by atoms with Crippen molar-refractivity contribution in [1.29, 1.82) is 0 Å². The third-order valence-electron chi connectivity index (χ3n) is 3.23. The summed E-state index contributed by atoms with van der Waals surface area (Å²) in [6, 6.07) is 14.6. The zero-order chi connectivity index (χ0) is 18.7. The Balaban J connectivity index is 2.40. The number of rotatable bonds is 5. The van der Waals surface area contributed by atoms with E-state index in [1.54, 1.807) is 0 Å². The highest BCUT2D eigenvalue weighted by Gasteiger charge is 2.22. The Kier molecular flexibility index (Phi) is 5.78. The van der Waals surface area contributed by atoms with Crippen molar-refractivity contribution < 1.29 is 9.47 Å². The van der Waals surface area contributed by atoms with Crippen LogP contribution < -0.4 is 19.8 Å². The van der Waals surface area contributed by atoms with E-state index in [-0.39, 0.29) is 11.2 Å². The Bertz CT molecular complexity index is 719. The van der Waals surface area contributed by atoms with Crippen LogP contribution in [0.2, 0.25) is 0 Å². The molecule has 25 heavy (non-hydrogen) atoms. The van der Waals surface area contributed by atoms with E-state index in [0.717, 1.165) is 22.2 Å². The quantitative estimate of drug-likeness (QED) is 0.745. The highest BCUT2D eigenvalue weighted by Crippen LogP contribution is 2.31. The molecule has 2 radical (unpaired) electrons. The molecule has 2 aromatic carbocycles. The Morgan fingerprint density at radius 3 is 1.96 bits per heavy atom. The molecule has 0 heterocycles. The van der Waals surface area contributed by atoms with Crippen molar-refractivity contribution in [3.8, 4) is 11.5 Å². The van der Waals surface area contributed by atoms with Gasteiger partial charge in [-0.1, -0.05) is 54.2 Å². The zero-order valence-electron chi connectivity index (χ0n) is 16.1. The number of ether oxygens (including phenoxy) is 2. The summed E-state index contributed by atoms with van der Waals surface area (Å²) in [5.74, 6) is 1.64. The maximum atomic E-state index is 6.29. The van der Waals surface area contributed by atoms with Gasteiger partial charge in [0.25, 0.3) is 0 Å². The van der Waals surface area contributed by atoms with Crippen LogP contribution in [0.1, 0.15) is 47.1 Å². The molecule has 2 aromatic rings. The summed E-state index contributed by atoms with van der Waals surface area (Å²) in [6.07, 6.45) is 1.86. The molecule has 3 heteroatoms. The summed E-state index contributed by atoms with van der Waals surface area (Å²) < 4.78 is 12.5. The van der Waals surface area contributed by atoms with Gasteiger partial charge in [-0.15, -0.1) is 0 Å². The minimum absolute atomic E-state index is 0.274. The van der Waals surface area contributed by atoms with Gasteiger partial charge in [-0.2, -0.15) is 0 Å². The van der Waals surface area contributed by atoms with Crippen LogP contribution in [0.25, 0.3) is 6.08 Å². The van der Waals surface area contributed by atoms with Gasteiger partial charge >= 0.3 is 0 Å². The predicted octanol–water partition coefficient (Wildman–Crippen LogP) is 4.34. The lowest BCUT2D eigenvalue weighted by atomic mass is 10.1. The van der Waals surface area contributed by atoms with Crippen LogP contribution in [0.15, 0.2) is 49.0 Å². The van der Waals surface area contributed by atoms with Crippen LogP contribution in [0, 0.1) is 0 Å². The third-order valence-corrected chi connectivity index (χ3v) is 4.51. The monoisotopic (exact) mass is 352 g/mol. The van der Waals surface area contributed by atoms with Crippen molar-refractivity contribution >= 4 is 26.0 Å². The highest BCUT2D eigenvalue weighted by atomic mass is 28.2. The van der Waals surface area contributed by atoms with E-state index in [2.05, 4.69) is 78.5 Å². The second-order valence-electron chi connectivity index (χ2n) is 8.01. The second kappa shape index (κ2) is 7.48. The second-order valence-corrected chi connectivity index (χ2v) is 9.38. The topological polar surface area (TPSA) is 18.5 Å². The van der Waals surface area contributed by atoms with Gasteiger partial charge in [0.1, 0.15) is 20.7 Å². The van der Waals surface area contributed by atoms with Gasteiger partial charge < -0.3 is 9.47 Å². The first kappa shape index (κ1) is 19.3. The van der Waals surface area contributed by atoms with Crippen molar-refractivity contribution in [3.63, 3.8) is 0 Å². The first-order valence-corrected chi connectivity index (χ1v) is 9.58. The molecule has 0 aliphatic rings. The standard InChI is InChI=1S/C22H28O2Si/c1-8-16-12-14-17(15-13-16)25-19-11-9-10-18(23-21(2,3)4)20(19)24-22(5,6)7/h8-15H,1H2,2-7H3. The summed E-state index contributed by atoms with van der Waals surface area (Å²) in [5, 5.41) is 2.42. The average molecular weight is 353 g/mol. The SMILES string of the molecule is C=Cc1ccc([Si]c2cccc(OC(C)(C)C)c2OC(C)(C)C)cc1. The summed E-state index contributed by atoms with van der Waals surface area (Å²) >= 11 is 0. The lowest BCUT2D eigenvalue weighted by Gasteiger charge is -2.28. The van der Waals surface area contributed by atoms with Gasteiger partial charge in [-0.3, -0.25) is 0 Å². The molecule has 0 amide bonds. The van der Waals surface area contributed by atoms with Crippen LogP contribution in [-0.2, 0) is 0 Å². The van der Waals surface area contributed by atoms with Gasteiger partial charge in [0.2, 0.25) is 0 Å². The smallest absolute Gasteiger partial charge is 0.161 e. The summed E-state index contributed by atoms with van der Waals surface area (Å²) in [6.45, 7) is 16.2. The van der Waals surface area contributed by atoms with E-state index >= 15 is 0 Å². The molecule has 0 saturated carbocycles. The van der Waals surface area contributed by atoms with Crippen LogP contribution in [0.3, 0.4) is 0 Å². The molecule has 2 nitrogen and oxygen atoms in total. The van der Waals surface area contributed by atoms with Crippen molar-refractivity contribution in [2.24, 2.45) is 0 Å². The molecule has 0 aromatic heterocycles. The summed E-state index contributed by atoms with van der Waals surface area (Å²) in [5.41, 5.74) is 0.566. The summed E-state index contributed by atoms with van der Waals surface area (Å²) in [4.78, 5) is 0. The van der Waals surface area contributed by atoms with E-state index in [0.29, 0.717) is 9.52 Å². The molecular weight excluding hydrogens is 324 g/mol. The summed E-state index contributed by atoms with van der Waals surface area (Å²) in [7, 11) is 0.503. The van der Waals surface area contributed by atoms with E-state index in [1.165, 1.54) is 5.19 Å². The Labute approximate surface area is 154 Å². The van der Waals surface area contributed by atoms with E-state index in [9.17, 15) is 0 Å². The van der Waals surface area contributed by atoms with E-state index in [1.807, 2.05) is 18.2 Å². The fourth-order valence-electron chi connectivity index (χ4n) is 2.29. The van der Waals surface area contributed by atoms with Crippen LogP contribution in [0.4, 0.5) is 0 Å². The molecule has 0 atom stereocenters. The Morgan fingerprint density at radius 2 is 1.44 bits per heavy atom. The minimum Gasteiger partial charge on any atom is -0.484 e. The van der Waals surface area contributed by atoms with E-state index in [4.69, 9.17) is 9.47 Å². The fraction of sp³-hybridized carbons (Fsp3) is 0.364. The highest BCUT2D eigenvalue weighted by molar-refractivity contribution is 6.68. The lowest BCUT2D eigenvalue weighted by molar-refractivity contribution is 0.0969. The number of benzene rings is 2. The molecule has 0 unspecified atom stereocenters. The largest absolute Gasteiger partial charge is 0.484 e. The Morgan fingerprint density at radius 1 is 0.840 bits per heavy atom. The molecule has 0 aliphatic heterocycles. The molecule has 0 spiro atoms. The van der Waals surface area contributed by atoms with E-state index < -0.39 is 0 Å². The molecule has 0 fully saturated rings. The van der Waals surface area contributed by atoms with Crippen LogP contribution in [-0.4, -0.2) is 20.7 Å². The van der Waals surface area contributed by atoms with Crippen molar-refractivity contribution in [3.05, 3.63) is 54.6 Å². The van der Waals surface area contributed by atoms with Gasteiger partial charge in [0, 0.05) is 0 Å². The normalized spacial score (nSPS) is 11.9. The molecule has 0 N–H and O–H groups in total. The van der Waals surface area contributed by atoms with Gasteiger partial charge in [0.15, 0.2) is 11.5 Å². The molecule has 0 bridgehead atoms. The molecule has 0 saturated heterocycles. The van der Waals surface area contributed by atoms with Crippen LogP contribution in [0.5, 0.6) is 11.5 Å². The number of para-hydroxylation sites is 1. The van der Waals surface area contributed by atoms with Crippen molar-refractivity contribution in [1.82, 2.24) is 0 Å². The third kappa shape index (κ3) is 6.09. The molecule has 0 aliphatic carbocycles. The van der Waals surface area contributed by atoms with Gasteiger partial charge in [-0.25, -0.2) is 0 Å². The van der Waals surface area contributed by atoms with Gasteiger partial charge in [0.05, 0.1) is 0 Å². The fourth-order valence-corrected chi connectivity index (χ4v) is 3.41. The average Bonchev–Trinajstić information content (AvgIpc) is 2.48. The Hall–Kier alpha value is -2.00. The van der Waals surface area contributed by atoms with Gasteiger partial charge in [-0.05, 0) is 58.4 Å².